The zero-order valence-corrected chi connectivity index (χ0v) is 14.4. The molecule has 1 amide bonds. The molecule has 0 bridgehead atoms. The Labute approximate surface area is 141 Å². The van der Waals surface area contributed by atoms with Crippen LogP contribution in [0.3, 0.4) is 0 Å². The van der Waals surface area contributed by atoms with Gasteiger partial charge in [0.2, 0.25) is 15.9 Å². The number of carboxylic acids is 1. The molecule has 0 spiro atoms. The average molecular weight is 354 g/mol. The van der Waals surface area contributed by atoms with Crippen molar-refractivity contribution in [2.75, 3.05) is 30.3 Å². The van der Waals surface area contributed by atoms with Crippen LogP contribution in [0.25, 0.3) is 0 Å². The number of carbonyl (C=O) groups is 2. The van der Waals surface area contributed by atoms with Gasteiger partial charge in [0, 0.05) is 24.7 Å². The highest BCUT2D eigenvalue weighted by Gasteiger charge is 2.33. The number of carbonyl (C=O) groups excluding carboxylic acids is 1. The van der Waals surface area contributed by atoms with E-state index in [1.54, 1.807) is 37.3 Å². The van der Waals surface area contributed by atoms with Crippen molar-refractivity contribution < 1.29 is 23.1 Å². The van der Waals surface area contributed by atoms with E-state index in [0.29, 0.717) is 31.6 Å². The highest BCUT2D eigenvalue weighted by molar-refractivity contribution is 7.89. The first-order valence-electron chi connectivity index (χ1n) is 7.91. The molecule has 0 atom stereocenters. The van der Waals surface area contributed by atoms with E-state index in [0.717, 1.165) is 0 Å². The van der Waals surface area contributed by atoms with Crippen LogP contribution in [0.1, 0.15) is 19.8 Å². The zero-order valence-electron chi connectivity index (χ0n) is 13.6. The molecule has 0 aliphatic carbocycles. The predicted octanol–water partition coefficient (Wildman–Crippen LogP) is 1.17. The molecule has 1 aliphatic heterocycles. The average Bonchev–Trinajstić information content (AvgIpc) is 2.60. The van der Waals surface area contributed by atoms with E-state index in [1.165, 1.54) is 9.21 Å². The van der Waals surface area contributed by atoms with Gasteiger partial charge in [-0.05, 0) is 31.9 Å². The van der Waals surface area contributed by atoms with Crippen LogP contribution in [0.5, 0.6) is 0 Å². The molecular weight excluding hydrogens is 332 g/mol. The summed E-state index contributed by atoms with van der Waals surface area (Å²) in [5.74, 6) is -1.68. The van der Waals surface area contributed by atoms with Crippen LogP contribution >= 0.6 is 0 Å². The Bertz CT molecular complexity index is 682. The molecule has 24 heavy (non-hydrogen) atoms. The van der Waals surface area contributed by atoms with Gasteiger partial charge < -0.3 is 10.0 Å². The maximum absolute atomic E-state index is 12.8. The molecule has 132 valence electrons. The highest BCUT2D eigenvalue weighted by atomic mass is 32.2. The number of benzene rings is 1. The summed E-state index contributed by atoms with van der Waals surface area (Å²) in [6, 6.07) is 8.66. The summed E-state index contributed by atoms with van der Waals surface area (Å²) < 4.78 is 25.2. The van der Waals surface area contributed by atoms with Crippen LogP contribution in [0.2, 0.25) is 0 Å². The van der Waals surface area contributed by atoms with Crippen molar-refractivity contribution in [2.24, 2.45) is 5.92 Å². The smallest absolute Gasteiger partial charge is 0.323 e. The van der Waals surface area contributed by atoms with Crippen molar-refractivity contribution >= 4 is 27.6 Å². The molecule has 1 N–H and O–H groups in total. The summed E-state index contributed by atoms with van der Waals surface area (Å²) in [5.41, 5.74) is 0.536. The number of sulfonamides is 1. The topological polar surface area (TPSA) is 95.0 Å². The van der Waals surface area contributed by atoms with Gasteiger partial charge in [-0.2, -0.15) is 0 Å². The highest BCUT2D eigenvalue weighted by Crippen LogP contribution is 2.24. The third-order valence-corrected chi connectivity index (χ3v) is 6.07. The second kappa shape index (κ2) is 7.76. The van der Waals surface area contributed by atoms with Crippen molar-refractivity contribution in [3.05, 3.63) is 30.3 Å². The second-order valence-corrected chi connectivity index (χ2v) is 7.99. The molecule has 8 heteroatoms. The van der Waals surface area contributed by atoms with Crippen molar-refractivity contribution in [3.8, 4) is 0 Å². The molecule has 0 radical (unpaired) electrons. The Morgan fingerprint density at radius 2 is 1.79 bits per heavy atom. The first kappa shape index (κ1) is 18.4. The molecule has 0 saturated carbocycles. The summed E-state index contributed by atoms with van der Waals surface area (Å²) in [4.78, 5) is 25.1. The van der Waals surface area contributed by atoms with E-state index < -0.39 is 22.5 Å². The number of anilines is 1. The Morgan fingerprint density at radius 1 is 1.21 bits per heavy atom. The van der Waals surface area contributed by atoms with Gasteiger partial charge >= 0.3 is 5.97 Å². The normalized spacial score (nSPS) is 16.7. The molecule has 1 aromatic rings. The Morgan fingerprint density at radius 3 is 2.29 bits per heavy atom. The van der Waals surface area contributed by atoms with E-state index in [4.69, 9.17) is 5.11 Å². The number of carboxylic acid groups (broad SMARTS) is 1. The van der Waals surface area contributed by atoms with Gasteiger partial charge in [-0.3, -0.25) is 9.59 Å². The van der Waals surface area contributed by atoms with E-state index in [-0.39, 0.29) is 17.6 Å². The molecule has 0 unspecified atom stereocenters. The van der Waals surface area contributed by atoms with Crippen molar-refractivity contribution in [2.45, 2.75) is 19.8 Å². The monoisotopic (exact) mass is 354 g/mol. The standard InChI is InChI=1S/C16H22N2O5S/c1-2-24(22,23)17-10-8-13(9-11-17)16(21)18(12-15(19)20)14-6-4-3-5-7-14/h3-7,13H,2,8-12H2,1H3,(H,19,20). The molecule has 1 aliphatic rings. The van der Waals surface area contributed by atoms with Crippen LogP contribution < -0.4 is 4.90 Å². The molecule has 1 heterocycles. The third kappa shape index (κ3) is 4.33. The van der Waals surface area contributed by atoms with Crippen LogP contribution in [0.15, 0.2) is 30.3 Å². The minimum atomic E-state index is -3.25. The minimum Gasteiger partial charge on any atom is -0.480 e. The quantitative estimate of drug-likeness (QED) is 0.827. The molecule has 2 rings (SSSR count). The van der Waals surface area contributed by atoms with E-state index in [9.17, 15) is 18.0 Å². The Kier molecular flexibility index (Phi) is 5.95. The maximum Gasteiger partial charge on any atom is 0.323 e. The lowest BCUT2D eigenvalue weighted by atomic mass is 9.96. The van der Waals surface area contributed by atoms with Gasteiger partial charge in [0.1, 0.15) is 6.54 Å². The fourth-order valence-electron chi connectivity index (χ4n) is 2.82. The van der Waals surface area contributed by atoms with Gasteiger partial charge in [-0.25, -0.2) is 12.7 Å². The molecule has 7 nitrogen and oxygen atoms in total. The fourth-order valence-corrected chi connectivity index (χ4v) is 3.96. The maximum atomic E-state index is 12.8. The third-order valence-electron chi connectivity index (χ3n) is 4.19. The summed E-state index contributed by atoms with van der Waals surface area (Å²) in [7, 11) is -3.25. The minimum absolute atomic E-state index is 0.0424. The molecule has 0 aromatic heterocycles. The SMILES string of the molecule is CCS(=O)(=O)N1CCC(C(=O)N(CC(=O)O)c2ccccc2)CC1. The van der Waals surface area contributed by atoms with Gasteiger partial charge in [0.05, 0.1) is 5.75 Å². The van der Waals surface area contributed by atoms with Crippen molar-refractivity contribution in [1.82, 2.24) is 4.31 Å². The Hall–Kier alpha value is -1.93. The number of nitrogens with zero attached hydrogens (tertiary/aromatic N) is 2. The van der Waals surface area contributed by atoms with Crippen LogP contribution in [0, 0.1) is 5.92 Å². The lowest BCUT2D eigenvalue weighted by molar-refractivity contribution is -0.137. The Balaban J connectivity index is 2.10. The lowest BCUT2D eigenvalue weighted by Gasteiger charge is -2.33. The number of rotatable bonds is 6. The summed E-state index contributed by atoms with van der Waals surface area (Å²) in [6.07, 6.45) is 0.808. The summed E-state index contributed by atoms with van der Waals surface area (Å²) in [6.45, 7) is 1.78. The number of para-hydroxylation sites is 1. The van der Waals surface area contributed by atoms with Crippen LogP contribution in [0.4, 0.5) is 5.69 Å². The lowest BCUT2D eigenvalue weighted by Crippen LogP contribution is -2.46. The second-order valence-electron chi connectivity index (χ2n) is 5.73. The molecule has 1 aromatic carbocycles. The zero-order chi connectivity index (χ0) is 17.7. The summed E-state index contributed by atoms with van der Waals surface area (Å²) >= 11 is 0. The van der Waals surface area contributed by atoms with E-state index in [2.05, 4.69) is 0 Å². The largest absolute Gasteiger partial charge is 0.480 e. The number of hydrogen-bond donors (Lipinski definition) is 1. The number of amides is 1. The number of aliphatic carboxylic acids is 1. The molecule has 1 fully saturated rings. The number of hydrogen-bond acceptors (Lipinski definition) is 4. The predicted molar refractivity (Wildman–Crippen MR) is 90.2 cm³/mol. The van der Waals surface area contributed by atoms with E-state index in [1.807, 2.05) is 0 Å². The first-order chi connectivity index (χ1) is 11.3. The summed E-state index contributed by atoms with van der Waals surface area (Å²) in [5, 5.41) is 9.09. The number of piperidine rings is 1. The van der Waals surface area contributed by atoms with Crippen LogP contribution in [-0.2, 0) is 19.6 Å². The van der Waals surface area contributed by atoms with Gasteiger partial charge in [-0.15, -0.1) is 0 Å². The van der Waals surface area contributed by atoms with Crippen LogP contribution in [-0.4, -0.2) is 55.1 Å². The van der Waals surface area contributed by atoms with Gasteiger partial charge in [-0.1, -0.05) is 18.2 Å². The molecule has 1 saturated heterocycles. The van der Waals surface area contributed by atoms with Crippen molar-refractivity contribution in [3.63, 3.8) is 0 Å². The first-order valence-corrected chi connectivity index (χ1v) is 9.52. The van der Waals surface area contributed by atoms with Gasteiger partial charge in [0.25, 0.3) is 0 Å². The van der Waals surface area contributed by atoms with Gasteiger partial charge in [0.15, 0.2) is 0 Å². The molecular formula is C16H22N2O5S. The fraction of sp³-hybridized carbons (Fsp3) is 0.500. The van der Waals surface area contributed by atoms with E-state index >= 15 is 0 Å². The van der Waals surface area contributed by atoms with Crippen molar-refractivity contribution in [1.29, 1.82) is 0 Å².